The summed E-state index contributed by atoms with van der Waals surface area (Å²) >= 11 is 0. The zero-order valence-electron chi connectivity index (χ0n) is 12.6. The van der Waals surface area contributed by atoms with Crippen LogP contribution in [0.2, 0.25) is 0 Å². The molecule has 0 radical (unpaired) electrons. The maximum atomic E-state index is 4.29. The highest BCUT2D eigenvalue weighted by molar-refractivity contribution is 5.36. The molecule has 0 amide bonds. The number of aryl methyl sites for hydroxylation is 3. The van der Waals surface area contributed by atoms with Crippen molar-refractivity contribution in [3.05, 3.63) is 52.3 Å². The molecule has 3 nitrogen and oxygen atoms in total. The SMILES string of the molecule is Cc1c(CN[C@@H](C)c2ccc3c(c2)CCC3)cnn1C. The molecule has 1 aliphatic carbocycles. The highest BCUT2D eigenvalue weighted by atomic mass is 15.3. The Labute approximate surface area is 121 Å². The lowest BCUT2D eigenvalue weighted by atomic mass is 10.0. The quantitative estimate of drug-likeness (QED) is 0.924. The van der Waals surface area contributed by atoms with Crippen molar-refractivity contribution < 1.29 is 0 Å². The van der Waals surface area contributed by atoms with Crippen molar-refractivity contribution in [2.75, 3.05) is 0 Å². The second-order valence-electron chi connectivity index (χ2n) is 5.86. The number of hydrogen-bond acceptors (Lipinski definition) is 2. The number of benzene rings is 1. The third-order valence-corrected chi connectivity index (χ3v) is 4.56. The van der Waals surface area contributed by atoms with E-state index in [0.29, 0.717) is 6.04 Å². The average Bonchev–Trinajstić information content (AvgIpc) is 3.04. The van der Waals surface area contributed by atoms with Crippen molar-refractivity contribution in [2.24, 2.45) is 7.05 Å². The van der Waals surface area contributed by atoms with E-state index in [4.69, 9.17) is 0 Å². The molecule has 0 saturated heterocycles. The van der Waals surface area contributed by atoms with Crippen molar-refractivity contribution in [1.29, 1.82) is 0 Å². The van der Waals surface area contributed by atoms with E-state index in [2.05, 4.69) is 42.5 Å². The standard InChI is InChI=1S/C17H23N3/c1-12(18-10-17-11-19-20(3)13(17)2)15-8-7-14-5-4-6-16(14)9-15/h7-9,11-12,18H,4-6,10H2,1-3H3/t12-/m0/s1. The Hall–Kier alpha value is -1.61. The maximum absolute atomic E-state index is 4.29. The highest BCUT2D eigenvalue weighted by Crippen LogP contribution is 2.25. The molecule has 1 N–H and O–H groups in total. The zero-order valence-corrected chi connectivity index (χ0v) is 12.6. The summed E-state index contributed by atoms with van der Waals surface area (Å²) in [5.41, 5.74) is 7.00. The molecular weight excluding hydrogens is 246 g/mol. The van der Waals surface area contributed by atoms with Crippen LogP contribution in [0.5, 0.6) is 0 Å². The zero-order chi connectivity index (χ0) is 14.1. The molecule has 1 heterocycles. The number of aromatic nitrogens is 2. The van der Waals surface area contributed by atoms with Gasteiger partial charge in [-0.2, -0.15) is 5.10 Å². The van der Waals surface area contributed by atoms with E-state index in [0.717, 1.165) is 6.54 Å². The van der Waals surface area contributed by atoms with E-state index in [9.17, 15) is 0 Å². The number of nitrogens with one attached hydrogen (secondary N) is 1. The Morgan fingerprint density at radius 3 is 2.85 bits per heavy atom. The van der Waals surface area contributed by atoms with E-state index in [1.54, 1.807) is 11.1 Å². The normalized spacial score (nSPS) is 15.3. The van der Waals surface area contributed by atoms with Crippen molar-refractivity contribution in [3.8, 4) is 0 Å². The van der Waals surface area contributed by atoms with Gasteiger partial charge in [-0.3, -0.25) is 4.68 Å². The van der Waals surface area contributed by atoms with Gasteiger partial charge in [0.1, 0.15) is 0 Å². The summed E-state index contributed by atoms with van der Waals surface area (Å²) in [6, 6.07) is 7.35. The topological polar surface area (TPSA) is 29.9 Å². The third kappa shape index (κ3) is 2.50. The van der Waals surface area contributed by atoms with Gasteiger partial charge in [-0.25, -0.2) is 0 Å². The molecule has 1 atom stereocenters. The van der Waals surface area contributed by atoms with Gasteiger partial charge in [0, 0.05) is 30.9 Å². The predicted molar refractivity (Wildman–Crippen MR) is 81.7 cm³/mol. The van der Waals surface area contributed by atoms with E-state index < -0.39 is 0 Å². The average molecular weight is 269 g/mol. The minimum Gasteiger partial charge on any atom is -0.306 e. The minimum absolute atomic E-state index is 0.375. The summed E-state index contributed by atoms with van der Waals surface area (Å²) in [4.78, 5) is 0. The van der Waals surface area contributed by atoms with Crippen LogP contribution in [-0.2, 0) is 26.4 Å². The molecule has 3 rings (SSSR count). The van der Waals surface area contributed by atoms with Gasteiger partial charge in [0.15, 0.2) is 0 Å². The lowest BCUT2D eigenvalue weighted by Gasteiger charge is -2.15. The molecular formula is C17H23N3. The van der Waals surface area contributed by atoms with E-state index >= 15 is 0 Å². The van der Waals surface area contributed by atoms with Crippen LogP contribution >= 0.6 is 0 Å². The Morgan fingerprint density at radius 1 is 1.30 bits per heavy atom. The van der Waals surface area contributed by atoms with E-state index in [-0.39, 0.29) is 0 Å². The van der Waals surface area contributed by atoms with Gasteiger partial charge in [-0.05, 0) is 49.8 Å². The molecule has 20 heavy (non-hydrogen) atoms. The van der Waals surface area contributed by atoms with Gasteiger partial charge in [0.25, 0.3) is 0 Å². The predicted octanol–water partition coefficient (Wildman–Crippen LogP) is 3.07. The molecule has 106 valence electrons. The van der Waals surface area contributed by atoms with Crippen LogP contribution in [0.25, 0.3) is 0 Å². The number of hydrogen-bond donors (Lipinski definition) is 1. The molecule has 3 heteroatoms. The Balaban J connectivity index is 1.67. The molecule has 1 aromatic carbocycles. The highest BCUT2D eigenvalue weighted by Gasteiger charge is 2.13. The summed E-state index contributed by atoms with van der Waals surface area (Å²) in [7, 11) is 1.99. The summed E-state index contributed by atoms with van der Waals surface area (Å²) in [6.45, 7) is 5.23. The molecule has 1 aliphatic rings. The summed E-state index contributed by atoms with van der Waals surface area (Å²) in [5.74, 6) is 0. The van der Waals surface area contributed by atoms with Crippen LogP contribution in [0, 0.1) is 6.92 Å². The lowest BCUT2D eigenvalue weighted by Crippen LogP contribution is -2.18. The van der Waals surface area contributed by atoms with Crippen molar-refractivity contribution in [1.82, 2.24) is 15.1 Å². The molecule has 0 saturated carbocycles. The number of fused-ring (bicyclic) bond motifs is 1. The molecule has 1 aromatic heterocycles. The molecule has 0 bridgehead atoms. The first kappa shape index (κ1) is 13.4. The fourth-order valence-corrected chi connectivity index (χ4v) is 2.96. The Morgan fingerprint density at radius 2 is 2.10 bits per heavy atom. The summed E-state index contributed by atoms with van der Waals surface area (Å²) in [5, 5.41) is 7.90. The van der Waals surface area contributed by atoms with Gasteiger partial charge >= 0.3 is 0 Å². The second-order valence-corrected chi connectivity index (χ2v) is 5.86. The summed E-state index contributed by atoms with van der Waals surface area (Å²) in [6.07, 6.45) is 5.77. The molecule has 0 fully saturated rings. The van der Waals surface area contributed by atoms with Gasteiger partial charge in [0.2, 0.25) is 0 Å². The molecule has 0 spiro atoms. The number of rotatable bonds is 4. The minimum atomic E-state index is 0.375. The first-order chi connectivity index (χ1) is 9.65. The fraction of sp³-hybridized carbons (Fsp3) is 0.471. The summed E-state index contributed by atoms with van der Waals surface area (Å²) < 4.78 is 1.93. The van der Waals surface area contributed by atoms with Crippen LogP contribution in [0.4, 0.5) is 0 Å². The van der Waals surface area contributed by atoms with Crippen molar-refractivity contribution >= 4 is 0 Å². The van der Waals surface area contributed by atoms with E-state index in [1.165, 1.54) is 36.1 Å². The number of nitrogens with zero attached hydrogens (tertiary/aromatic N) is 2. The lowest BCUT2D eigenvalue weighted by molar-refractivity contribution is 0.572. The van der Waals surface area contributed by atoms with Gasteiger partial charge in [-0.15, -0.1) is 0 Å². The Kier molecular flexibility index (Phi) is 3.62. The molecule has 0 aliphatic heterocycles. The van der Waals surface area contributed by atoms with Crippen LogP contribution in [0.3, 0.4) is 0 Å². The van der Waals surface area contributed by atoms with Gasteiger partial charge in [-0.1, -0.05) is 18.2 Å². The fourth-order valence-electron chi connectivity index (χ4n) is 2.96. The van der Waals surface area contributed by atoms with Gasteiger partial charge < -0.3 is 5.32 Å². The first-order valence-corrected chi connectivity index (χ1v) is 7.47. The van der Waals surface area contributed by atoms with Crippen LogP contribution < -0.4 is 5.32 Å². The third-order valence-electron chi connectivity index (χ3n) is 4.56. The molecule has 0 unspecified atom stereocenters. The largest absolute Gasteiger partial charge is 0.306 e. The van der Waals surface area contributed by atoms with Crippen LogP contribution in [0.15, 0.2) is 24.4 Å². The Bertz CT molecular complexity index is 613. The van der Waals surface area contributed by atoms with Crippen molar-refractivity contribution in [2.45, 2.75) is 45.7 Å². The van der Waals surface area contributed by atoms with E-state index in [1.807, 2.05) is 17.9 Å². The second kappa shape index (κ2) is 5.41. The van der Waals surface area contributed by atoms with Crippen LogP contribution in [-0.4, -0.2) is 9.78 Å². The van der Waals surface area contributed by atoms with Crippen molar-refractivity contribution in [3.63, 3.8) is 0 Å². The first-order valence-electron chi connectivity index (χ1n) is 7.47. The van der Waals surface area contributed by atoms with Crippen LogP contribution in [0.1, 0.15) is 47.3 Å². The monoisotopic (exact) mass is 269 g/mol. The van der Waals surface area contributed by atoms with Gasteiger partial charge in [0.05, 0.1) is 6.20 Å². The maximum Gasteiger partial charge on any atom is 0.0537 e. The smallest absolute Gasteiger partial charge is 0.0537 e. The molecule has 2 aromatic rings.